The van der Waals surface area contributed by atoms with Gasteiger partial charge in [0.15, 0.2) is 0 Å². The van der Waals surface area contributed by atoms with E-state index in [2.05, 4.69) is 34.9 Å². The number of benzene rings is 3. The molecule has 0 radical (unpaired) electrons. The monoisotopic (exact) mass is 481 g/mol. The van der Waals surface area contributed by atoms with Crippen molar-refractivity contribution in [2.24, 2.45) is 0 Å². The number of nitriles is 1. The molecule has 0 fully saturated rings. The number of nitrogens with one attached hydrogen (secondary N) is 2. The topological polar surface area (TPSA) is 91.2 Å². The van der Waals surface area contributed by atoms with Gasteiger partial charge in [0, 0.05) is 17.2 Å². The van der Waals surface area contributed by atoms with E-state index in [1.807, 2.05) is 60.0 Å². The number of fused-ring (bicyclic) bond motifs is 4. The summed E-state index contributed by atoms with van der Waals surface area (Å²) in [7, 11) is 0. The third-order valence-corrected chi connectivity index (χ3v) is 7.32. The highest BCUT2D eigenvalue weighted by Gasteiger charge is 2.29. The van der Waals surface area contributed by atoms with E-state index < -0.39 is 12.0 Å². The van der Waals surface area contributed by atoms with Gasteiger partial charge in [0.2, 0.25) is 5.91 Å². The fourth-order valence-corrected chi connectivity index (χ4v) is 5.71. The van der Waals surface area contributed by atoms with Crippen LogP contribution in [0.1, 0.15) is 28.5 Å². The summed E-state index contributed by atoms with van der Waals surface area (Å²) in [5, 5.41) is 17.2. The van der Waals surface area contributed by atoms with E-state index in [9.17, 15) is 9.59 Å². The normalized spacial score (nSPS) is 12.9. The van der Waals surface area contributed by atoms with Gasteiger partial charge < -0.3 is 15.4 Å². The Labute approximate surface area is 207 Å². The van der Waals surface area contributed by atoms with Gasteiger partial charge in [0.1, 0.15) is 13.2 Å². The minimum absolute atomic E-state index is 0.0382. The van der Waals surface area contributed by atoms with Crippen LogP contribution in [-0.2, 0) is 9.53 Å². The van der Waals surface area contributed by atoms with Gasteiger partial charge in [-0.1, -0.05) is 66.7 Å². The van der Waals surface area contributed by atoms with E-state index in [0.29, 0.717) is 0 Å². The lowest BCUT2D eigenvalue weighted by atomic mass is 9.97. The number of carbonyl (C=O) groups excluding carboxylic acids is 2. The molecular weight excluding hydrogens is 458 g/mol. The summed E-state index contributed by atoms with van der Waals surface area (Å²) in [6.45, 7) is 0.170. The van der Waals surface area contributed by atoms with Crippen molar-refractivity contribution in [3.05, 3.63) is 94.9 Å². The maximum atomic E-state index is 12.8. The molecule has 0 saturated heterocycles. The van der Waals surface area contributed by atoms with Crippen LogP contribution in [0.2, 0.25) is 0 Å². The number of alkyl carbamates (subject to hydrolysis) is 1. The summed E-state index contributed by atoms with van der Waals surface area (Å²) in [4.78, 5) is 25.5. The first kappa shape index (κ1) is 22.6. The van der Waals surface area contributed by atoms with Crippen molar-refractivity contribution in [2.45, 2.75) is 11.8 Å². The molecule has 6 nitrogen and oxygen atoms in total. The molecule has 0 bridgehead atoms. The molecule has 1 heterocycles. The van der Waals surface area contributed by atoms with Crippen molar-refractivity contribution in [3.8, 4) is 17.2 Å². The Kier molecular flexibility index (Phi) is 6.47. The highest BCUT2D eigenvalue weighted by atomic mass is 32.1. The molecule has 0 spiro atoms. The third-order valence-electron chi connectivity index (χ3n) is 6.34. The van der Waals surface area contributed by atoms with Crippen molar-refractivity contribution in [3.63, 3.8) is 0 Å². The molecule has 2 amide bonds. The number of rotatable bonds is 7. The third kappa shape index (κ3) is 4.48. The number of nitrogens with zero attached hydrogens (tertiary/aromatic N) is 1. The molecule has 1 atom stereocenters. The summed E-state index contributed by atoms with van der Waals surface area (Å²) < 4.78 is 6.68. The molecule has 1 aliphatic rings. The maximum absolute atomic E-state index is 12.8. The van der Waals surface area contributed by atoms with Crippen LogP contribution >= 0.6 is 11.3 Å². The van der Waals surface area contributed by atoms with Crippen LogP contribution in [0.3, 0.4) is 0 Å². The summed E-state index contributed by atoms with van der Waals surface area (Å²) in [6, 6.07) is 26.1. The van der Waals surface area contributed by atoms with Gasteiger partial charge in [0.25, 0.3) is 0 Å². The second-order valence-corrected chi connectivity index (χ2v) is 9.23. The lowest BCUT2D eigenvalue weighted by Gasteiger charge is -2.18. The zero-order chi connectivity index (χ0) is 24.2. The smallest absolute Gasteiger partial charge is 0.407 e. The van der Waals surface area contributed by atoms with Crippen LogP contribution in [0.4, 0.5) is 4.79 Å². The standard InChI is InChI=1S/C28H23N3O3S/c29-13-14-30-27(32)23(25-17-35-26-12-6-5-11-22(25)26)15-31-28(33)34-16-24-20-9-3-1-7-18(20)19-8-2-4-10-21(19)24/h1-12,17,23-24H,14-16H2,(H,30,32)(H,31,33). The van der Waals surface area contributed by atoms with Crippen molar-refractivity contribution >= 4 is 33.4 Å². The largest absolute Gasteiger partial charge is 0.449 e. The van der Waals surface area contributed by atoms with E-state index in [1.165, 1.54) is 0 Å². The minimum atomic E-state index is -0.639. The fourth-order valence-electron chi connectivity index (χ4n) is 4.70. The Morgan fingerprint density at radius 1 is 0.943 bits per heavy atom. The second-order valence-electron chi connectivity index (χ2n) is 8.32. The lowest BCUT2D eigenvalue weighted by molar-refractivity contribution is -0.122. The molecule has 7 heteroatoms. The molecular formula is C28H23N3O3S. The number of carbonyl (C=O) groups is 2. The number of thiophene rings is 1. The van der Waals surface area contributed by atoms with Gasteiger partial charge in [-0.3, -0.25) is 4.79 Å². The Hall–Kier alpha value is -4.15. The van der Waals surface area contributed by atoms with Crippen LogP contribution in [0.15, 0.2) is 78.2 Å². The van der Waals surface area contributed by atoms with Crippen molar-refractivity contribution < 1.29 is 14.3 Å². The molecule has 4 aromatic rings. The molecule has 0 saturated carbocycles. The minimum Gasteiger partial charge on any atom is -0.449 e. The summed E-state index contributed by atoms with van der Waals surface area (Å²) in [6.07, 6.45) is -0.579. The van der Waals surface area contributed by atoms with Crippen molar-refractivity contribution in [1.29, 1.82) is 5.26 Å². The number of amides is 2. The van der Waals surface area contributed by atoms with Gasteiger partial charge in [-0.15, -0.1) is 11.3 Å². The molecule has 174 valence electrons. The van der Waals surface area contributed by atoms with E-state index in [0.717, 1.165) is 37.9 Å². The molecule has 3 aromatic carbocycles. The summed E-state index contributed by atoms with van der Waals surface area (Å²) in [5.41, 5.74) is 5.42. The van der Waals surface area contributed by atoms with E-state index in [1.54, 1.807) is 11.3 Å². The van der Waals surface area contributed by atoms with Crippen LogP contribution < -0.4 is 10.6 Å². The number of ether oxygens (including phenoxy) is 1. The van der Waals surface area contributed by atoms with Gasteiger partial charge in [-0.25, -0.2) is 4.79 Å². The average molecular weight is 482 g/mol. The quantitative estimate of drug-likeness (QED) is 0.357. The first-order chi connectivity index (χ1) is 17.2. The Balaban J connectivity index is 1.28. The Morgan fingerprint density at radius 2 is 1.60 bits per heavy atom. The molecule has 1 aliphatic carbocycles. The predicted molar refractivity (Wildman–Crippen MR) is 136 cm³/mol. The number of hydrogen-bond donors (Lipinski definition) is 2. The molecule has 2 N–H and O–H groups in total. The van der Waals surface area contributed by atoms with Gasteiger partial charge in [-0.05, 0) is 44.6 Å². The summed E-state index contributed by atoms with van der Waals surface area (Å²) >= 11 is 1.54. The highest BCUT2D eigenvalue weighted by molar-refractivity contribution is 7.17. The van der Waals surface area contributed by atoms with Crippen LogP contribution in [0.25, 0.3) is 21.2 Å². The molecule has 5 rings (SSSR count). The Bertz CT molecular complexity index is 1390. The van der Waals surface area contributed by atoms with E-state index in [4.69, 9.17) is 10.00 Å². The number of hydrogen-bond acceptors (Lipinski definition) is 5. The fraction of sp³-hybridized carbons (Fsp3) is 0.179. The van der Waals surface area contributed by atoms with E-state index >= 15 is 0 Å². The van der Waals surface area contributed by atoms with Crippen LogP contribution in [0.5, 0.6) is 0 Å². The molecule has 0 aliphatic heterocycles. The zero-order valence-corrected chi connectivity index (χ0v) is 19.7. The van der Waals surface area contributed by atoms with Crippen LogP contribution in [0, 0.1) is 11.3 Å². The molecule has 1 aromatic heterocycles. The van der Waals surface area contributed by atoms with Gasteiger partial charge in [0.05, 0.1) is 12.0 Å². The van der Waals surface area contributed by atoms with Gasteiger partial charge >= 0.3 is 6.09 Å². The predicted octanol–water partition coefficient (Wildman–Crippen LogP) is 5.16. The second kappa shape index (κ2) is 10.00. The average Bonchev–Trinajstić information content (AvgIpc) is 3.46. The first-order valence-electron chi connectivity index (χ1n) is 11.4. The highest BCUT2D eigenvalue weighted by Crippen LogP contribution is 2.44. The zero-order valence-electron chi connectivity index (χ0n) is 18.9. The SMILES string of the molecule is N#CCNC(=O)C(CNC(=O)OCC1c2ccccc2-c2ccccc21)c1csc2ccccc12. The molecule has 1 unspecified atom stereocenters. The first-order valence-corrected chi connectivity index (χ1v) is 12.2. The molecule has 35 heavy (non-hydrogen) atoms. The van der Waals surface area contributed by atoms with Gasteiger partial charge in [-0.2, -0.15) is 5.26 Å². The van der Waals surface area contributed by atoms with Crippen LogP contribution in [-0.4, -0.2) is 31.7 Å². The van der Waals surface area contributed by atoms with E-state index in [-0.39, 0.29) is 31.5 Å². The van der Waals surface area contributed by atoms with Crippen molar-refractivity contribution in [1.82, 2.24) is 10.6 Å². The maximum Gasteiger partial charge on any atom is 0.407 e. The van der Waals surface area contributed by atoms with Crippen molar-refractivity contribution in [2.75, 3.05) is 19.7 Å². The Morgan fingerprint density at radius 3 is 2.31 bits per heavy atom. The summed E-state index contributed by atoms with van der Waals surface area (Å²) in [5.74, 6) is -0.988. The lowest BCUT2D eigenvalue weighted by Crippen LogP contribution is -2.38.